The second kappa shape index (κ2) is 8.42. The SMILES string of the molecule is CC(=O)NCc1ccc(C(=O)N[C@@H](c2ncccc2C)C(C)C)cc1. The van der Waals surface area contributed by atoms with Gasteiger partial charge in [0.1, 0.15) is 0 Å². The van der Waals surface area contributed by atoms with Gasteiger partial charge in [-0.1, -0.05) is 32.0 Å². The van der Waals surface area contributed by atoms with Crippen LogP contribution < -0.4 is 10.6 Å². The van der Waals surface area contributed by atoms with Gasteiger partial charge in [0.2, 0.25) is 5.91 Å². The van der Waals surface area contributed by atoms with Crippen LogP contribution in [-0.4, -0.2) is 16.8 Å². The van der Waals surface area contributed by atoms with Crippen molar-refractivity contribution >= 4 is 11.8 Å². The van der Waals surface area contributed by atoms with E-state index in [1.165, 1.54) is 6.92 Å². The molecule has 0 saturated heterocycles. The van der Waals surface area contributed by atoms with Crippen molar-refractivity contribution in [2.45, 2.75) is 40.3 Å². The first-order chi connectivity index (χ1) is 11.9. The normalized spacial score (nSPS) is 11.9. The number of carbonyl (C=O) groups is 2. The lowest BCUT2D eigenvalue weighted by molar-refractivity contribution is -0.119. The number of rotatable bonds is 6. The van der Waals surface area contributed by atoms with E-state index >= 15 is 0 Å². The molecule has 2 rings (SSSR count). The highest BCUT2D eigenvalue weighted by atomic mass is 16.2. The largest absolute Gasteiger partial charge is 0.352 e. The first kappa shape index (κ1) is 18.6. The summed E-state index contributed by atoms with van der Waals surface area (Å²) in [4.78, 5) is 28.0. The van der Waals surface area contributed by atoms with Crippen LogP contribution in [0.5, 0.6) is 0 Å². The topological polar surface area (TPSA) is 71.1 Å². The summed E-state index contributed by atoms with van der Waals surface area (Å²) in [7, 11) is 0. The number of hydrogen-bond donors (Lipinski definition) is 2. The van der Waals surface area contributed by atoms with Crippen molar-refractivity contribution in [1.29, 1.82) is 0 Å². The van der Waals surface area contributed by atoms with Gasteiger partial charge in [-0.05, 0) is 42.2 Å². The molecule has 0 aliphatic rings. The minimum absolute atomic E-state index is 0.0766. The quantitative estimate of drug-likeness (QED) is 0.849. The van der Waals surface area contributed by atoms with Crippen LogP contribution in [0.15, 0.2) is 42.6 Å². The number of amides is 2. The molecule has 2 amide bonds. The van der Waals surface area contributed by atoms with E-state index in [1.807, 2.05) is 31.2 Å². The Morgan fingerprint density at radius 2 is 1.80 bits per heavy atom. The van der Waals surface area contributed by atoms with Crippen molar-refractivity contribution < 1.29 is 9.59 Å². The molecule has 0 spiro atoms. The molecule has 0 aliphatic carbocycles. The number of nitrogens with one attached hydrogen (secondary N) is 2. The van der Waals surface area contributed by atoms with Crippen LogP contribution in [0.2, 0.25) is 0 Å². The zero-order valence-corrected chi connectivity index (χ0v) is 15.2. The van der Waals surface area contributed by atoms with Gasteiger partial charge in [0, 0.05) is 25.2 Å². The molecule has 5 heteroatoms. The molecule has 0 fully saturated rings. The van der Waals surface area contributed by atoms with E-state index < -0.39 is 0 Å². The van der Waals surface area contributed by atoms with Crippen LogP contribution in [0.3, 0.4) is 0 Å². The fraction of sp³-hybridized carbons (Fsp3) is 0.350. The molecule has 5 nitrogen and oxygen atoms in total. The van der Waals surface area contributed by atoms with E-state index in [2.05, 4.69) is 29.5 Å². The molecule has 1 atom stereocenters. The molecule has 1 aromatic carbocycles. The van der Waals surface area contributed by atoms with Gasteiger partial charge in [-0.25, -0.2) is 0 Å². The van der Waals surface area contributed by atoms with E-state index in [9.17, 15) is 9.59 Å². The smallest absolute Gasteiger partial charge is 0.251 e. The summed E-state index contributed by atoms with van der Waals surface area (Å²) < 4.78 is 0. The average molecular weight is 339 g/mol. The number of carbonyl (C=O) groups excluding carboxylic acids is 2. The summed E-state index contributed by atoms with van der Waals surface area (Å²) in [5.41, 5.74) is 3.50. The van der Waals surface area contributed by atoms with Gasteiger partial charge < -0.3 is 10.6 Å². The minimum Gasteiger partial charge on any atom is -0.352 e. The Balaban J connectivity index is 2.11. The number of nitrogens with zero attached hydrogens (tertiary/aromatic N) is 1. The number of benzene rings is 1. The third-order valence-corrected chi connectivity index (χ3v) is 4.06. The molecule has 0 radical (unpaired) electrons. The van der Waals surface area contributed by atoms with Gasteiger partial charge in [0.15, 0.2) is 0 Å². The van der Waals surface area contributed by atoms with Gasteiger partial charge in [-0.3, -0.25) is 14.6 Å². The fourth-order valence-electron chi connectivity index (χ4n) is 2.60. The average Bonchev–Trinajstić information content (AvgIpc) is 2.58. The van der Waals surface area contributed by atoms with E-state index in [4.69, 9.17) is 0 Å². The van der Waals surface area contributed by atoms with Crippen LogP contribution >= 0.6 is 0 Å². The lowest BCUT2D eigenvalue weighted by atomic mass is 9.97. The van der Waals surface area contributed by atoms with Crippen molar-refractivity contribution in [2.75, 3.05) is 0 Å². The molecule has 0 bridgehead atoms. The zero-order chi connectivity index (χ0) is 18.4. The van der Waals surface area contributed by atoms with Gasteiger partial charge in [-0.2, -0.15) is 0 Å². The molecular weight excluding hydrogens is 314 g/mol. The fourth-order valence-corrected chi connectivity index (χ4v) is 2.60. The third kappa shape index (κ3) is 5.14. The zero-order valence-electron chi connectivity index (χ0n) is 15.2. The molecule has 2 N–H and O–H groups in total. The maximum absolute atomic E-state index is 12.6. The van der Waals surface area contributed by atoms with Crippen molar-refractivity contribution in [3.8, 4) is 0 Å². The highest BCUT2D eigenvalue weighted by molar-refractivity contribution is 5.94. The van der Waals surface area contributed by atoms with Crippen LogP contribution in [0.25, 0.3) is 0 Å². The van der Waals surface area contributed by atoms with Crippen LogP contribution in [-0.2, 0) is 11.3 Å². The van der Waals surface area contributed by atoms with Crippen molar-refractivity contribution in [3.05, 3.63) is 65.0 Å². The van der Waals surface area contributed by atoms with Crippen LogP contribution in [0, 0.1) is 12.8 Å². The maximum atomic E-state index is 12.6. The molecule has 2 aromatic rings. The number of aryl methyl sites for hydroxylation is 1. The van der Waals surface area contributed by atoms with Crippen molar-refractivity contribution in [1.82, 2.24) is 15.6 Å². The highest BCUT2D eigenvalue weighted by Gasteiger charge is 2.21. The second-order valence-electron chi connectivity index (χ2n) is 6.51. The summed E-state index contributed by atoms with van der Waals surface area (Å²) >= 11 is 0. The lowest BCUT2D eigenvalue weighted by Gasteiger charge is -2.23. The number of pyridine rings is 1. The number of aromatic nitrogens is 1. The van der Waals surface area contributed by atoms with Crippen LogP contribution in [0.4, 0.5) is 0 Å². The summed E-state index contributed by atoms with van der Waals surface area (Å²) in [6.07, 6.45) is 1.75. The molecule has 1 aromatic heterocycles. The molecule has 25 heavy (non-hydrogen) atoms. The van der Waals surface area contributed by atoms with Gasteiger partial charge >= 0.3 is 0 Å². The Morgan fingerprint density at radius 3 is 2.36 bits per heavy atom. The first-order valence-corrected chi connectivity index (χ1v) is 8.44. The maximum Gasteiger partial charge on any atom is 0.251 e. The summed E-state index contributed by atoms with van der Waals surface area (Å²) in [5, 5.41) is 5.83. The monoisotopic (exact) mass is 339 g/mol. The standard InChI is InChI=1S/C20H25N3O2/c1-13(2)18(19-14(3)6-5-11-21-19)23-20(25)17-9-7-16(8-10-17)12-22-15(4)24/h5-11,13,18H,12H2,1-4H3,(H,22,24)(H,23,25)/t18-/m1/s1. The van der Waals surface area contributed by atoms with Gasteiger partial charge in [-0.15, -0.1) is 0 Å². The molecule has 1 heterocycles. The molecular formula is C20H25N3O2. The number of hydrogen-bond acceptors (Lipinski definition) is 3. The summed E-state index contributed by atoms with van der Waals surface area (Å²) in [5.74, 6) is 0.0127. The third-order valence-electron chi connectivity index (χ3n) is 4.06. The minimum atomic E-state index is -0.146. The Hall–Kier alpha value is -2.69. The van der Waals surface area contributed by atoms with Gasteiger partial charge in [0.25, 0.3) is 5.91 Å². The second-order valence-corrected chi connectivity index (χ2v) is 6.51. The van der Waals surface area contributed by atoms with Crippen molar-refractivity contribution in [3.63, 3.8) is 0 Å². The Labute approximate surface area is 148 Å². The Morgan fingerprint density at radius 1 is 1.12 bits per heavy atom. The predicted octanol–water partition coefficient (Wildman–Crippen LogP) is 3.15. The van der Waals surface area contributed by atoms with Gasteiger partial charge in [0.05, 0.1) is 11.7 Å². The predicted molar refractivity (Wildman–Crippen MR) is 98.0 cm³/mol. The molecule has 0 aliphatic heterocycles. The molecule has 0 saturated carbocycles. The molecule has 0 unspecified atom stereocenters. The van der Waals surface area contributed by atoms with E-state index in [-0.39, 0.29) is 23.8 Å². The first-order valence-electron chi connectivity index (χ1n) is 8.44. The van der Waals surface area contributed by atoms with Crippen molar-refractivity contribution in [2.24, 2.45) is 5.92 Å². The summed E-state index contributed by atoms with van der Waals surface area (Å²) in [6.45, 7) is 8.07. The summed E-state index contributed by atoms with van der Waals surface area (Å²) in [6, 6.07) is 11.0. The Bertz CT molecular complexity index is 739. The Kier molecular flexibility index (Phi) is 6.28. The van der Waals surface area contributed by atoms with E-state index in [0.717, 1.165) is 16.8 Å². The lowest BCUT2D eigenvalue weighted by Crippen LogP contribution is -2.32. The molecule has 132 valence electrons. The van der Waals surface area contributed by atoms with Crippen LogP contribution in [0.1, 0.15) is 54.0 Å². The van der Waals surface area contributed by atoms with E-state index in [1.54, 1.807) is 18.3 Å². The highest BCUT2D eigenvalue weighted by Crippen LogP contribution is 2.23. The van der Waals surface area contributed by atoms with E-state index in [0.29, 0.717) is 12.1 Å².